The van der Waals surface area contributed by atoms with Crippen LogP contribution in [0.15, 0.2) is 30.3 Å². The number of nitrogens with zero attached hydrogens (tertiary/aromatic N) is 2. The minimum Gasteiger partial charge on any atom is -0.356 e. The first-order valence-electron chi connectivity index (χ1n) is 10.5. The van der Waals surface area contributed by atoms with Crippen LogP contribution in [0.2, 0.25) is 0 Å². The monoisotopic (exact) mass is 355 g/mol. The molecular formula is C22H33N3O. The number of hydrogen-bond donors (Lipinski definition) is 1. The van der Waals surface area contributed by atoms with Gasteiger partial charge in [-0.2, -0.15) is 0 Å². The summed E-state index contributed by atoms with van der Waals surface area (Å²) >= 11 is 0. The van der Waals surface area contributed by atoms with E-state index in [4.69, 9.17) is 0 Å². The highest BCUT2D eigenvalue weighted by molar-refractivity contribution is 5.82. The summed E-state index contributed by atoms with van der Waals surface area (Å²) < 4.78 is 0. The zero-order valence-corrected chi connectivity index (χ0v) is 16.1. The van der Waals surface area contributed by atoms with E-state index in [0.717, 1.165) is 39.1 Å². The van der Waals surface area contributed by atoms with E-state index < -0.39 is 0 Å². The second-order valence-corrected chi connectivity index (χ2v) is 8.51. The van der Waals surface area contributed by atoms with Crippen LogP contribution >= 0.6 is 0 Å². The number of nitrogens with one attached hydrogen (secondary N) is 1. The van der Waals surface area contributed by atoms with Crippen molar-refractivity contribution in [2.75, 3.05) is 39.8 Å². The second kappa shape index (κ2) is 8.10. The van der Waals surface area contributed by atoms with E-state index in [1.54, 1.807) is 0 Å². The van der Waals surface area contributed by atoms with E-state index in [1.165, 1.54) is 31.2 Å². The molecule has 1 unspecified atom stereocenters. The Kier molecular flexibility index (Phi) is 5.60. The molecule has 1 heterocycles. The van der Waals surface area contributed by atoms with Gasteiger partial charge in [0.1, 0.15) is 0 Å². The molecule has 1 aromatic carbocycles. The predicted molar refractivity (Wildman–Crippen MR) is 105 cm³/mol. The van der Waals surface area contributed by atoms with Gasteiger partial charge in [0.25, 0.3) is 0 Å². The summed E-state index contributed by atoms with van der Waals surface area (Å²) in [5, 5.41) is 3.23. The van der Waals surface area contributed by atoms with Crippen LogP contribution in [0.3, 0.4) is 0 Å². The highest BCUT2D eigenvalue weighted by atomic mass is 16.2. The molecule has 0 bridgehead atoms. The van der Waals surface area contributed by atoms with Crippen LogP contribution in [0.25, 0.3) is 0 Å². The van der Waals surface area contributed by atoms with Gasteiger partial charge in [0.2, 0.25) is 5.91 Å². The highest BCUT2D eigenvalue weighted by Crippen LogP contribution is 2.55. The molecule has 4 heteroatoms. The topological polar surface area (TPSA) is 35.6 Å². The lowest BCUT2D eigenvalue weighted by atomic mass is 10.0. The Morgan fingerprint density at radius 1 is 1.12 bits per heavy atom. The summed E-state index contributed by atoms with van der Waals surface area (Å²) in [5.41, 5.74) is 1.41. The van der Waals surface area contributed by atoms with Crippen molar-refractivity contribution in [2.45, 2.75) is 38.1 Å². The fourth-order valence-corrected chi connectivity index (χ4v) is 5.21. The second-order valence-electron chi connectivity index (χ2n) is 8.51. The normalized spacial score (nSPS) is 32.0. The van der Waals surface area contributed by atoms with E-state index in [2.05, 4.69) is 52.5 Å². The van der Waals surface area contributed by atoms with Crippen molar-refractivity contribution in [3.8, 4) is 0 Å². The van der Waals surface area contributed by atoms with Crippen molar-refractivity contribution in [1.82, 2.24) is 15.1 Å². The van der Waals surface area contributed by atoms with E-state index in [-0.39, 0.29) is 0 Å². The average Bonchev–Trinajstić information content (AvgIpc) is 3.41. The standard InChI is InChI=1S/C22H33N3O/c1-24-14-15-25(20(16-24)17-8-3-2-4-9-17)13-7-12-23-22(26)21-18-10-5-6-11-19(18)21/h2-4,8-9,18-21H,5-7,10-16H2,1H3,(H,23,26)/t18-,19+,20-,21?/m0/s1. The molecule has 4 nitrogen and oxygen atoms in total. The third kappa shape index (κ3) is 3.96. The molecule has 0 aromatic heterocycles. The number of piperazine rings is 1. The molecule has 2 aliphatic carbocycles. The van der Waals surface area contributed by atoms with Crippen molar-refractivity contribution in [3.05, 3.63) is 35.9 Å². The van der Waals surface area contributed by atoms with Gasteiger partial charge in [0, 0.05) is 44.7 Å². The van der Waals surface area contributed by atoms with Gasteiger partial charge in [0.15, 0.2) is 0 Å². The van der Waals surface area contributed by atoms with Gasteiger partial charge >= 0.3 is 0 Å². The Morgan fingerprint density at radius 3 is 2.58 bits per heavy atom. The molecule has 3 aliphatic rings. The van der Waals surface area contributed by atoms with Gasteiger partial charge in [-0.1, -0.05) is 43.2 Å². The summed E-state index contributed by atoms with van der Waals surface area (Å²) in [6, 6.07) is 11.3. The van der Waals surface area contributed by atoms with E-state index in [1.807, 2.05) is 0 Å². The lowest BCUT2D eigenvalue weighted by Gasteiger charge is -2.40. The van der Waals surface area contributed by atoms with Crippen molar-refractivity contribution in [2.24, 2.45) is 17.8 Å². The van der Waals surface area contributed by atoms with Crippen LogP contribution in [0.4, 0.5) is 0 Å². The van der Waals surface area contributed by atoms with Crippen LogP contribution < -0.4 is 5.32 Å². The van der Waals surface area contributed by atoms with E-state index in [9.17, 15) is 4.79 Å². The SMILES string of the molecule is CN1CCN(CCCNC(=O)C2[C@H]3CCCC[C@@H]23)[C@H](c2ccccc2)C1. The summed E-state index contributed by atoms with van der Waals surface area (Å²) in [7, 11) is 2.21. The molecule has 3 fully saturated rings. The number of carbonyl (C=O) groups is 1. The third-order valence-electron chi connectivity index (χ3n) is 6.76. The van der Waals surface area contributed by atoms with Gasteiger partial charge in [-0.15, -0.1) is 0 Å². The van der Waals surface area contributed by atoms with E-state index in [0.29, 0.717) is 29.7 Å². The number of benzene rings is 1. The maximum Gasteiger partial charge on any atom is 0.223 e. The zero-order valence-electron chi connectivity index (χ0n) is 16.1. The molecule has 1 N–H and O–H groups in total. The molecule has 4 atom stereocenters. The first kappa shape index (κ1) is 18.0. The quantitative estimate of drug-likeness (QED) is 0.797. The van der Waals surface area contributed by atoms with Gasteiger partial charge in [-0.05, 0) is 43.7 Å². The molecule has 1 saturated heterocycles. The van der Waals surface area contributed by atoms with E-state index >= 15 is 0 Å². The van der Waals surface area contributed by atoms with Gasteiger partial charge in [-0.25, -0.2) is 0 Å². The molecule has 26 heavy (non-hydrogen) atoms. The highest BCUT2D eigenvalue weighted by Gasteiger charge is 2.54. The summed E-state index contributed by atoms with van der Waals surface area (Å²) in [4.78, 5) is 17.4. The smallest absolute Gasteiger partial charge is 0.223 e. The molecular weight excluding hydrogens is 322 g/mol. The fraction of sp³-hybridized carbons (Fsp3) is 0.682. The lowest BCUT2D eigenvalue weighted by Crippen LogP contribution is -2.47. The number of amides is 1. The largest absolute Gasteiger partial charge is 0.356 e. The van der Waals surface area contributed by atoms with Crippen molar-refractivity contribution in [1.29, 1.82) is 0 Å². The first-order chi connectivity index (χ1) is 12.7. The minimum atomic E-state index is 0.333. The Balaban J connectivity index is 1.23. The number of rotatable bonds is 6. The third-order valence-corrected chi connectivity index (χ3v) is 6.76. The van der Waals surface area contributed by atoms with Crippen molar-refractivity contribution < 1.29 is 4.79 Å². The van der Waals surface area contributed by atoms with Crippen LogP contribution in [0, 0.1) is 17.8 Å². The fourth-order valence-electron chi connectivity index (χ4n) is 5.21. The van der Waals surface area contributed by atoms with Crippen LogP contribution in [-0.4, -0.2) is 55.5 Å². The maximum atomic E-state index is 12.4. The van der Waals surface area contributed by atoms with Crippen molar-refractivity contribution >= 4 is 5.91 Å². The van der Waals surface area contributed by atoms with Crippen LogP contribution in [0.1, 0.15) is 43.7 Å². The lowest BCUT2D eigenvalue weighted by molar-refractivity contribution is -0.122. The minimum absolute atomic E-state index is 0.333. The number of fused-ring (bicyclic) bond motifs is 1. The van der Waals surface area contributed by atoms with Crippen molar-refractivity contribution in [3.63, 3.8) is 0 Å². The van der Waals surface area contributed by atoms with Crippen LogP contribution in [0.5, 0.6) is 0 Å². The summed E-state index contributed by atoms with van der Waals surface area (Å²) in [6.45, 7) is 5.20. The number of likely N-dealkylation sites (N-methyl/N-ethyl adjacent to an activating group) is 1. The average molecular weight is 356 g/mol. The molecule has 0 spiro atoms. The van der Waals surface area contributed by atoms with Crippen LogP contribution in [-0.2, 0) is 4.79 Å². The predicted octanol–water partition coefficient (Wildman–Crippen LogP) is 2.92. The Bertz CT molecular complexity index is 593. The molecule has 142 valence electrons. The summed E-state index contributed by atoms with van der Waals surface area (Å²) in [5.74, 6) is 2.10. The number of carbonyl (C=O) groups excluding carboxylic acids is 1. The molecule has 0 radical (unpaired) electrons. The summed E-state index contributed by atoms with van der Waals surface area (Å²) in [6.07, 6.45) is 6.26. The molecule has 1 aromatic rings. The Labute approximate surface area is 157 Å². The van der Waals surface area contributed by atoms with Gasteiger partial charge in [-0.3, -0.25) is 9.69 Å². The zero-order chi connectivity index (χ0) is 17.9. The van der Waals surface area contributed by atoms with Gasteiger partial charge < -0.3 is 10.2 Å². The molecule has 2 saturated carbocycles. The first-order valence-corrected chi connectivity index (χ1v) is 10.5. The maximum absolute atomic E-state index is 12.4. The number of hydrogen-bond acceptors (Lipinski definition) is 3. The molecule has 1 aliphatic heterocycles. The Morgan fingerprint density at radius 2 is 1.85 bits per heavy atom. The molecule has 1 amide bonds. The van der Waals surface area contributed by atoms with Gasteiger partial charge in [0.05, 0.1) is 0 Å². The Hall–Kier alpha value is -1.39. The molecule has 4 rings (SSSR count).